The Kier molecular flexibility index (Phi) is 6.14. The molecule has 2 unspecified atom stereocenters. The number of rotatable bonds is 5. The number of hydrogen-bond donors (Lipinski definition) is 1. The van der Waals surface area contributed by atoms with Gasteiger partial charge in [-0.2, -0.15) is 16.7 Å². The first-order valence-corrected chi connectivity index (χ1v) is 12.5. The van der Waals surface area contributed by atoms with Gasteiger partial charge in [0, 0.05) is 28.3 Å². The van der Waals surface area contributed by atoms with E-state index in [2.05, 4.69) is 31.3 Å². The Labute approximate surface area is 188 Å². The highest BCUT2D eigenvalue weighted by Crippen LogP contribution is 2.37. The van der Waals surface area contributed by atoms with Crippen molar-refractivity contribution < 1.29 is 8.78 Å². The molecule has 0 aliphatic heterocycles. The van der Waals surface area contributed by atoms with Crippen molar-refractivity contribution in [3.8, 4) is 0 Å². The second-order valence-electron chi connectivity index (χ2n) is 9.69. The molecule has 0 amide bonds. The number of aromatic nitrogens is 3. The van der Waals surface area contributed by atoms with E-state index in [-0.39, 0.29) is 17.4 Å². The highest BCUT2D eigenvalue weighted by atomic mass is 32.2. The largest absolute Gasteiger partial charge is 0.357 e. The Bertz CT molecular complexity index is 1020. The van der Waals surface area contributed by atoms with Crippen LogP contribution in [0.1, 0.15) is 63.5 Å². The van der Waals surface area contributed by atoms with Crippen molar-refractivity contribution in [2.45, 2.75) is 74.4 Å². The molecule has 31 heavy (non-hydrogen) atoms. The number of hydrogen-bond acceptors (Lipinski definition) is 5. The van der Waals surface area contributed by atoms with Gasteiger partial charge in [-0.15, -0.1) is 0 Å². The third-order valence-corrected chi connectivity index (χ3v) is 8.32. The van der Waals surface area contributed by atoms with Crippen LogP contribution in [0, 0.1) is 5.92 Å². The van der Waals surface area contributed by atoms with Gasteiger partial charge < -0.3 is 5.32 Å². The van der Waals surface area contributed by atoms with Gasteiger partial charge >= 0.3 is 0 Å². The molecule has 4 rings (SSSR count). The average molecular weight is 446 g/mol. The molecule has 0 aromatic carbocycles. The van der Waals surface area contributed by atoms with Crippen LogP contribution in [0.15, 0.2) is 17.1 Å². The van der Waals surface area contributed by atoms with Crippen molar-refractivity contribution >= 4 is 44.4 Å². The normalized spacial score (nSPS) is 29.4. The number of anilines is 1. The summed E-state index contributed by atoms with van der Waals surface area (Å²) in [6, 6.07) is 1.15. The van der Waals surface area contributed by atoms with Crippen LogP contribution in [0.3, 0.4) is 0 Å². The van der Waals surface area contributed by atoms with Gasteiger partial charge in [-0.05, 0) is 56.8 Å². The molecular formula is C21H30B2F2N4OS. The first-order valence-electron chi connectivity index (χ1n) is 11.2. The fraction of sp³-hybridized carbons (Fsp3) is 0.667. The van der Waals surface area contributed by atoms with Crippen LogP contribution in [0.2, 0.25) is 0 Å². The zero-order chi connectivity index (χ0) is 22.4. The van der Waals surface area contributed by atoms with Gasteiger partial charge in [-0.1, -0.05) is 13.3 Å². The molecule has 2 aromatic heterocycles. The van der Waals surface area contributed by atoms with Gasteiger partial charge in [-0.3, -0.25) is 9.36 Å². The van der Waals surface area contributed by atoms with E-state index in [1.165, 1.54) is 10.6 Å². The van der Waals surface area contributed by atoms with Crippen molar-refractivity contribution in [3.05, 3.63) is 28.2 Å². The van der Waals surface area contributed by atoms with E-state index in [0.29, 0.717) is 22.2 Å². The van der Waals surface area contributed by atoms with Gasteiger partial charge in [0.1, 0.15) is 13.5 Å². The van der Waals surface area contributed by atoms with Crippen LogP contribution < -0.4 is 10.9 Å². The van der Waals surface area contributed by atoms with Crippen LogP contribution in [-0.4, -0.2) is 47.2 Å². The van der Waals surface area contributed by atoms with Crippen LogP contribution in [-0.2, 0) is 5.82 Å². The number of fused-ring (bicyclic) bond motifs is 1. The quantitative estimate of drug-likeness (QED) is 0.717. The number of halogens is 2. The minimum absolute atomic E-state index is 0.109. The summed E-state index contributed by atoms with van der Waals surface area (Å²) in [4.78, 5) is 22.3. The lowest BCUT2D eigenvalue weighted by Gasteiger charge is -2.38. The Morgan fingerprint density at radius 1 is 1.29 bits per heavy atom. The fourth-order valence-electron chi connectivity index (χ4n) is 5.17. The molecule has 0 spiro atoms. The van der Waals surface area contributed by atoms with E-state index in [9.17, 15) is 13.6 Å². The minimum Gasteiger partial charge on any atom is -0.357 e. The molecule has 10 heteroatoms. The summed E-state index contributed by atoms with van der Waals surface area (Å²) in [7, 11) is 2.96. The fourth-order valence-corrected chi connectivity index (χ4v) is 5.88. The average Bonchev–Trinajstić information content (AvgIpc) is 3.12. The second-order valence-corrected chi connectivity index (χ2v) is 10.8. The monoisotopic (exact) mass is 446 g/mol. The second kappa shape index (κ2) is 8.41. The van der Waals surface area contributed by atoms with E-state index in [1.807, 2.05) is 11.8 Å². The van der Waals surface area contributed by atoms with Gasteiger partial charge in [0.15, 0.2) is 7.85 Å². The maximum Gasteiger partial charge on any atom is 0.260 e. The molecule has 1 N–H and O–H groups in total. The Morgan fingerprint density at radius 2 is 2.00 bits per heavy atom. The number of pyridine rings is 1. The standard InChI is InChI=1S/C21H30B2F2N4OS/c1-12-4-3-5-16(12)29-17-13(10-15(18(29)30)21(23,24)25)11-26-19(27-17)28-20(22)8-6-14(31-2)7-9-20/h10-12,14,16H,3-9,22-23H2,1-2H3,(H,26,27,28). The van der Waals surface area contributed by atoms with Crippen molar-refractivity contribution in [3.63, 3.8) is 0 Å². The molecule has 2 aromatic rings. The highest BCUT2D eigenvalue weighted by molar-refractivity contribution is 7.99. The summed E-state index contributed by atoms with van der Waals surface area (Å²) in [5.74, 6) is -2.50. The third-order valence-electron chi connectivity index (χ3n) is 7.18. The van der Waals surface area contributed by atoms with Crippen LogP contribution in [0.5, 0.6) is 0 Å². The lowest BCUT2D eigenvalue weighted by Crippen LogP contribution is -2.43. The summed E-state index contributed by atoms with van der Waals surface area (Å²) in [6.45, 7) is 2.08. The molecule has 2 aliphatic rings. The summed E-state index contributed by atoms with van der Waals surface area (Å²) < 4.78 is 30.0. The summed E-state index contributed by atoms with van der Waals surface area (Å²) in [5.41, 5.74) is -0.765. The Hall–Kier alpha value is -1.57. The number of nitrogens with zero attached hydrogens (tertiary/aromatic N) is 3. The molecule has 2 atom stereocenters. The van der Waals surface area contributed by atoms with Crippen molar-refractivity contribution in [2.75, 3.05) is 11.6 Å². The molecule has 0 bridgehead atoms. The molecule has 0 saturated heterocycles. The highest BCUT2D eigenvalue weighted by Gasteiger charge is 2.35. The lowest BCUT2D eigenvalue weighted by molar-refractivity contribution is 0.0917. The molecular weight excluding hydrogens is 416 g/mol. The molecule has 2 fully saturated rings. The van der Waals surface area contributed by atoms with Crippen LogP contribution >= 0.6 is 11.8 Å². The Morgan fingerprint density at radius 3 is 2.58 bits per heavy atom. The molecule has 2 heterocycles. The Balaban J connectivity index is 1.77. The molecule has 2 saturated carbocycles. The van der Waals surface area contributed by atoms with E-state index >= 15 is 0 Å². The topological polar surface area (TPSA) is 59.8 Å². The maximum absolute atomic E-state index is 14.2. The predicted octanol–water partition coefficient (Wildman–Crippen LogP) is 2.88. The van der Waals surface area contributed by atoms with Gasteiger partial charge in [0.25, 0.3) is 5.56 Å². The van der Waals surface area contributed by atoms with E-state index < -0.39 is 16.9 Å². The van der Waals surface area contributed by atoms with Crippen LogP contribution in [0.25, 0.3) is 11.0 Å². The molecule has 5 nitrogen and oxygen atoms in total. The smallest absolute Gasteiger partial charge is 0.260 e. The van der Waals surface area contributed by atoms with E-state index in [4.69, 9.17) is 4.98 Å². The van der Waals surface area contributed by atoms with Crippen molar-refractivity contribution in [1.82, 2.24) is 14.5 Å². The number of nitrogens with one attached hydrogen (secondary N) is 1. The third kappa shape index (κ3) is 4.50. The zero-order valence-corrected chi connectivity index (χ0v) is 19.6. The van der Waals surface area contributed by atoms with E-state index in [0.717, 1.165) is 52.8 Å². The van der Waals surface area contributed by atoms with Crippen LogP contribution in [0.4, 0.5) is 14.7 Å². The van der Waals surface area contributed by atoms with Crippen molar-refractivity contribution in [1.29, 1.82) is 0 Å². The van der Waals surface area contributed by atoms with E-state index in [1.54, 1.807) is 6.20 Å². The van der Waals surface area contributed by atoms with Gasteiger partial charge in [0.2, 0.25) is 11.8 Å². The maximum atomic E-state index is 14.2. The molecule has 2 aliphatic carbocycles. The molecule has 0 radical (unpaired) electrons. The minimum atomic E-state index is -3.21. The first-order chi connectivity index (χ1) is 14.6. The van der Waals surface area contributed by atoms with Gasteiger partial charge in [-0.25, -0.2) is 13.8 Å². The zero-order valence-electron chi connectivity index (χ0n) is 18.8. The predicted molar refractivity (Wildman–Crippen MR) is 129 cm³/mol. The summed E-state index contributed by atoms with van der Waals surface area (Å²) in [6.07, 6.45) is 10.8. The summed E-state index contributed by atoms with van der Waals surface area (Å²) >= 11 is 1.92. The molecule has 166 valence electrons. The number of thioether (sulfide) groups is 1. The SMILES string of the molecule is BC1(Nc2ncc3cc(C(B)(F)F)c(=O)n(C4CCCC4C)c3n2)CCC(SC)CC1. The van der Waals surface area contributed by atoms with Crippen molar-refractivity contribution in [2.24, 2.45) is 5.92 Å². The van der Waals surface area contributed by atoms with Gasteiger partial charge in [0.05, 0.1) is 5.56 Å². The first kappa shape index (κ1) is 22.6. The lowest BCUT2D eigenvalue weighted by atomic mass is 9.67. The summed E-state index contributed by atoms with van der Waals surface area (Å²) in [5, 5.41) is 4.67. The number of alkyl halides is 2.